The van der Waals surface area contributed by atoms with Crippen LogP contribution in [-0.4, -0.2) is 98.4 Å². The predicted molar refractivity (Wildman–Crippen MR) is 241 cm³/mol. The lowest BCUT2D eigenvalue weighted by Gasteiger charge is -2.40. The smallest absolute Gasteiger partial charge is 0.293 e. The van der Waals surface area contributed by atoms with Gasteiger partial charge in [0.2, 0.25) is 0 Å². The van der Waals surface area contributed by atoms with Gasteiger partial charge in [0.25, 0.3) is 21.6 Å². The van der Waals surface area contributed by atoms with E-state index < -0.39 is 25.7 Å². The number of anilines is 2. The van der Waals surface area contributed by atoms with Gasteiger partial charge in [0.15, 0.2) is 0 Å². The average Bonchev–Trinajstić information content (AvgIpc) is 3.79. The van der Waals surface area contributed by atoms with E-state index in [0.717, 1.165) is 99.5 Å². The number of hydrogen-bond donors (Lipinski definition) is 3. The Kier molecular flexibility index (Phi) is 11.6. The summed E-state index contributed by atoms with van der Waals surface area (Å²) in [6.45, 7) is 14.2. The van der Waals surface area contributed by atoms with Gasteiger partial charge in [-0.25, -0.2) is 18.1 Å². The minimum atomic E-state index is -4.53. The van der Waals surface area contributed by atoms with Gasteiger partial charge >= 0.3 is 0 Å². The van der Waals surface area contributed by atoms with E-state index in [1.807, 2.05) is 12.1 Å². The van der Waals surface area contributed by atoms with Gasteiger partial charge in [0, 0.05) is 68.7 Å². The molecule has 0 bridgehead atoms. The van der Waals surface area contributed by atoms with Crippen LogP contribution >= 0.6 is 0 Å². The molecule has 4 aromatic rings. The molecule has 4 fully saturated rings. The maximum Gasteiger partial charge on any atom is 0.293 e. The Bertz CT molecular complexity index is 2490. The second-order valence-electron chi connectivity index (χ2n) is 19.5. The van der Waals surface area contributed by atoms with Crippen molar-refractivity contribution in [2.45, 2.75) is 70.6 Å². The van der Waals surface area contributed by atoms with Crippen molar-refractivity contribution in [2.75, 3.05) is 69.6 Å². The number of nitrogens with zero attached hydrogens (tertiary/aromatic N) is 5. The molecule has 2 saturated carbocycles. The molecule has 9 rings (SSSR count). The zero-order chi connectivity index (χ0) is 43.3. The van der Waals surface area contributed by atoms with Gasteiger partial charge in [-0.05, 0) is 136 Å². The molecule has 330 valence electrons. The molecular formula is C47H60N8O6S. The molecule has 2 aliphatic heterocycles. The molecule has 2 aromatic carbocycles. The van der Waals surface area contributed by atoms with Crippen LogP contribution in [-0.2, 0) is 10.0 Å². The average molecular weight is 865 g/mol. The molecule has 15 heteroatoms. The molecule has 1 amide bonds. The van der Waals surface area contributed by atoms with Gasteiger partial charge in [0.05, 0.1) is 21.6 Å². The number of ether oxygens (including phenoxy) is 1. The summed E-state index contributed by atoms with van der Waals surface area (Å²) >= 11 is 0. The summed E-state index contributed by atoms with van der Waals surface area (Å²) in [5, 5.41) is 16.1. The molecule has 4 atom stereocenters. The van der Waals surface area contributed by atoms with E-state index in [1.165, 1.54) is 44.2 Å². The summed E-state index contributed by atoms with van der Waals surface area (Å²) in [4.78, 5) is 39.7. The van der Waals surface area contributed by atoms with Crippen LogP contribution in [0.2, 0.25) is 0 Å². The van der Waals surface area contributed by atoms with Crippen LogP contribution in [0.1, 0.15) is 76.1 Å². The number of nitro benzene ring substituents is 1. The summed E-state index contributed by atoms with van der Waals surface area (Å²) < 4.78 is 35.9. The highest BCUT2D eigenvalue weighted by atomic mass is 32.2. The van der Waals surface area contributed by atoms with Crippen LogP contribution in [0.15, 0.2) is 77.0 Å². The zero-order valence-corrected chi connectivity index (χ0v) is 37.2. The number of sulfonamides is 1. The van der Waals surface area contributed by atoms with Gasteiger partial charge in [-0.15, -0.1) is 0 Å². The quantitative estimate of drug-likeness (QED) is 0.0676. The molecule has 3 aliphatic carbocycles. The van der Waals surface area contributed by atoms with Crippen molar-refractivity contribution < 1.29 is 22.9 Å². The Morgan fingerprint density at radius 3 is 2.53 bits per heavy atom. The van der Waals surface area contributed by atoms with Crippen LogP contribution in [0.3, 0.4) is 0 Å². The molecule has 5 aliphatic rings. The first-order valence-electron chi connectivity index (χ1n) is 22.4. The summed E-state index contributed by atoms with van der Waals surface area (Å²) in [6, 6.07) is 12.5. The topological polar surface area (TPSA) is 166 Å². The molecule has 2 unspecified atom stereocenters. The van der Waals surface area contributed by atoms with E-state index in [1.54, 1.807) is 41.7 Å². The lowest BCUT2D eigenvalue weighted by atomic mass is 9.69. The first-order chi connectivity index (χ1) is 29.7. The fraction of sp³-hybridized carbons (Fsp3) is 0.532. The van der Waals surface area contributed by atoms with E-state index in [9.17, 15) is 23.3 Å². The zero-order valence-electron chi connectivity index (χ0n) is 36.4. The molecule has 62 heavy (non-hydrogen) atoms. The molecule has 14 nitrogen and oxygen atoms in total. The maximum absolute atomic E-state index is 14.0. The summed E-state index contributed by atoms with van der Waals surface area (Å²) in [5.74, 6) is 3.42. The molecule has 3 N–H and O–H groups in total. The van der Waals surface area contributed by atoms with Gasteiger partial charge in [0.1, 0.15) is 22.8 Å². The number of rotatable bonds is 13. The van der Waals surface area contributed by atoms with Gasteiger partial charge in [-0.3, -0.25) is 19.8 Å². The third-order valence-electron chi connectivity index (χ3n) is 14.5. The number of hydrogen-bond acceptors (Lipinski definition) is 11. The summed E-state index contributed by atoms with van der Waals surface area (Å²) in [7, 11) is -2.46. The lowest BCUT2D eigenvalue weighted by Crippen LogP contribution is -2.47. The van der Waals surface area contributed by atoms with Gasteiger partial charge in [-0.2, -0.15) is 0 Å². The van der Waals surface area contributed by atoms with Crippen LogP contribution in [0.4, 0.5) is 17.1 Å². The molecule has 0 radical (unpaired) electrons. The minimum Gasteiger partial charge on any atom is -0.455 e. The molecule has 4 heterocycles. The maximum atomic E-state index is 14.0. The first kappa shape index (κ1) is 42.3. The van der Waals surface area contributed by atoms with E-state index in [0.29, 0.717) is 29.3 Å². The van der Waals surface area contributed by atoms with Crippen molar-refractivity contribution in [1.29, 1.82) is 0 Å². The Hall–Kier alpha value is -4.99. The Labute approximate surface area is 364 Å². The number of piperidine rings is 1. The molecule has 2 aromatic heterocycles. The third kappa shape index (κ3) is 9.07. The number of H-pyrrole nitrogens is 1. The van der Waals surface area contributed by atoms with Crippen molar-refractivity contribution in [1.82, 2.24) is 24.5 Å². The van der Waals surface area contributed by atoms with Gasteiger partial charge in [-0.1, -0.05) is 31.9 Å². The van der Waals surface area contributed by atoms with Crippen LogP contribution in [0.5, 0.6) is 11.5 Å². The van der Waals surface area contributed by atoms with E-state index >= 15 is 0 Å². The van der Waals surface area contributed by atoms with Crippen molar-refractivity contribution in [3.05, 3.63) is 87.7 Å². The van der Waals surface area contributed by atoms with E-state index in [4.69, 9.17) is 4.74 Å². The summed E-state index contributed by atoms with van der Waals surface area (Å²) in [5.41, 5.74) is 5.20. The van der Waals surface area contributed by atoms with Crippen molar-refractivity contribution in [3.8, 4) is 11.5 Å². The Morgan fingerprint density at radius 1 is 1.02 bits per heavy atom. The number of pyridine rings is 1. The normalized spacial score (nSPS) is 24.5. The Morgan fingerprint density at radius 2 is 1.81 bits per heavy atom. The SMILES string of the molecule is C[C@H]1C[C@@H](C2=C(CN3CCN(c4ccc(C(=O)NS(=O)(=O)c5ccc(NCC6CCN(C)CC6)c([N+](=O)[O-])c5)c(Oc5cnc6[nH]ccc6c5)c4)CC3)CCC(C)(C)C2)C2CC21. The fourth-order valence-electron chi connectivity index (χ4n) is 10.7. The number of piperazine rings is 1. The number of fused-ring (bicyclic) bond motifs is 2. The number of nitro groups is 1. The van der Waals surface area contributed by atoms with E-state index in [2.05, 4.69) is 62.5 Å². The van der Waals surface area contributed by atoms with Crippen LogP contribution in [0, 0.1) is 45.1 Å². The highest BCUT2D eigenvalue weighted by molar-refractivity contribution is 7.90. The molecule has 2 saturated heterocycles. The number of carbonyl (C=O) groups excluding carboxylic acids is 1. The molecule has 0 spiro atoms. The Balaban J connectivity index is 0.916. The predicted octanol–water partition coefficient (Wildman–Crippen LogP) is 8.06. The minimum absolute atomic E-state index is 0.00476. The lowest BCUT2D eigenvalue weighted by molar-refractivity contribution is -0.384. The molecular weight excluding hydrogens is 805 g/mol. The monoisotopic (exact) mass is 864 g/mol. The largest absolute Gasteiger partial charge is 0.455 e. The number of allylic oxidation sites excluding steroid dienone is 1. The van der Waals surface area contributed by atoms with Crippen molar-refractivity contribution in [3.63, 3.8) is 0 Å². The van der Waals surface area contributed by atoms with Gasteiger partial charge < -0.3 is 24.8 Å². The highest BCUT2D eigenvalue weighted by Crippen LogP contribution is 2.62. The van der Waals surface area contributed by atoms with Crippen molar-refractivity contribution in [2.24, 2.45) is 35.0 Å². The number of likely N-dealkylation sites (tertiary alicyclic amines) is 1. The third-order valence-corrected chi connectivity index (χ3v) is 15.9. The van der Waals surface area contributed by atoms with E-state index in [-0.39, 0.29) is 22.7 Å². The fourth-order valence-corrected chi connectivity index (χ4v) is 11.7. The summed E-state index contributed by atoms with van der Waals surface area (Å²) in [6.07, 6.45) is 11.7. The number of nitrogens with one attached hydrogen (secondary N) is 3. The number of benzene rings is 2. The second kappa shape index (κ2) is 16.9. The van der Waals surface area contributed by atoms with Crippen LogP contribution < -0.4 is 19.7 Å². The number of aromatic nitrogens is 2. The van der Waals surface area contributed by atoms with Crippen LogP contribution in [0.25, 0.3) is 11.0 Å². The number of aromatic amines is 1. The number of carbonyl (C=O) groups is 1. The highest BCUT2D eigenvalue weighted by Gasteiger charge is 2.54. The second-order valence-corrected chi connectivity index (χ2v) is 21.2. The number of amides is 1. The first-order valence-corrected chi connectivity index (χ1v) is 23.9. The standard InChI is InChI=1S/C47H60N8O6S/c1-30-21-39(40-25-38(30)40)41-26-47(2,3)13-9-33(41)29-53-17-19-54(20-18-53)34-5-7-37(44(23-34)61-35-22-32-10-14-48-45(32)50-28-35)46(56)51-62(59,60)36-6-8-42(43(24-36)55(57)58)49-27-31-11-15-52(4)16-12-31/h5-8,10,14,22-24,28,30-31,38-40,49H,9,11-13,15-21,25-27,29H2,1-4H3,(H,48,50)(H,51,56)/t30-,38?,39+,40?/m0/s1. The van der Waals surface area contributed by atoms with Crippen molar-refractivity contribution >= 4 is 44.0 Å².